The van der Waals surface area contributed by atoms with Gasteiger partial charge in [-0.05, 0) is 58.8 Å². The predicted octanol–water partition coefficient (Wildman–Crippen LogP) is 4.06. The first kappa shape index (κ1) is 18.7. The minimum absolute atomic E-state index is 0.168. The summed E-state index contributed by atoms with van der Waals surface area (Å²) in [7, 11) is 4.13. The fourth-order valence-electron chi connectivity index (χ4n) is 3.77. The molecular weight excluding hydrogens is 320 g/mol. The highest BCUT2D eigenvalue weighted by atomic mass is 16.2. The lowest BCUT2D eigenvalue weighted by atomic mass is 9.91. The van der Waals surface area contributed by atoms with Crippen LogP contribution in [0.4, 0.5) is 0 Å². The largest absolute Gasteiger partial charge is 0.353 e. The summed E-state index contributed by atoms with van der Waals surface area (Å²) in [5.74, 6) is 0.168. The van der Waals surface area contributed by atoms with Crippen molar-refractivity contribution in [1.29, 1.82) is 0 Å². The second-order valence-electron chi connectivity index (χ2n) is 8.06. The van der Waals surface area contributed by atoms with Gasteiger partial charge in [0.05, 0.1) is 11.5 Å². The van der Waals surface area contributed by atoms with Gasteiger partial charge >= 0.3 is 0 Å². The Kier molecular flexibility index (Phi) is 5.19. The fourth-order valence-corrected chi connectivity index (χ4v) is 3.77. The van der Waals surface area contributed by atoms with Gasteiger partial charge in [0.15, 0.2) is 0 Å². The molecule has 1 unspecified atom stereocenters. The van der Waals surface area contributed by atoms with Gasteiger partial charge in [-0.25, -0.2) is 0 Å². The van der Waals surface area contributed by atoms with E-state index < -0.39 is 0 Å². The minimum Gasteiger partial charge on any atom is -0.353 e. The van der Waals surface area contributed by atoms with E-state index in [0.29, 0.717) is 6.54 Å². The standard InChI is InChI=1S/C23H30N2O/c1-16-6-8-19(9-7-16)21(25(4)5)15-24-22(26)23(10-11-23)20-13-17(2)12-18(3)14-20/h6-9,12-14,21H,10-11,15H2,1-5H3,(H,24,26). The zero-order chi connectivity index (χ0) is 18.9. The number of carbonyl (C=O) groups is 1. The molecule has 3 nitrogen and oxygen atoms in total. The first-order chi connectivity index (χ1) is 12.3. The molecule has 3 rings (SSSR count). The predicted molar refractivity (Wildman–Crippen MR) is 107 cm³/mol. The molecule has 0 saturated heterocycles. The van der Waals surface area contributed by atoms with Gasteiger partial charge in [-0.1, -0.05) is 59.2 Å². The summed E-state index contributed by atoms with van der Waals surface area (Å²) >= 11 is 0. The van der Waals surface area contributed by atoms with Gasteiger partial charge in [0.1, 0.15) is 0 Å². The third-order valence-corrected chi connectivity index (χ3v) is 5.50. The van der Waals surface area contributed by atoms with Crippen molar-refractivity contribution >= 4 is 5.91 Å². The molecule has 3 heteroatoms. The minimum atomic E-state index is -0.319. The third-order valence-electron chi connectivity index (χ3n) is 5.50. The van der Waals surface area contributed by atoms with Crippen LogP contribution in [0.3, 0.4) is 0 Å². The number of hydrogen-bond acceptors (Lipinski definition) is 2. The van der Waals surface area contributed by atoms with Crippen LogP contribution < -0.4 is 5.32 Å². The third kappa shape index (κ3) is 3.83. The van der Waals surface area contributed by atoms with Crippen LogP contribution in [0.25, 0.3) is 0 Å². The van der Waals surface area contributed by atoms with Crippen LogP contribution in [-0.2, 0) is 10.2 Å². The van der Waals surface area contributed by atoms with Crippen molar-refractivity contribution in [3.8, 4) is 0 Å². The Hall–Kier alpha value is -2.13. The van der Waals surface area contributed by atoms with E-state index in [1.54, 1.807) is 0 Å². The van der Waals surface area contributed by atoms with Gasteiger partial charge in [0, 0.05) is 6.54 Å². The Morgan fingerprint density at radius 3 is 2.08 bits per heavy atom. The van der Waals surface area contributed by atoms with E-state index >= 15 is 0 Å². The maximum atomic E-state index is 13.0. The molecular formula is C23H30N2O. The van der Waals surface area contributed by atoms with Crippen molar-refractivity contribution in [2.75, 3.05) is 20.6 Å². The highest BCUT2D eigenvalue weighted by molar-refractivity contribution is 5.91. The van der Waals surface area contributed by atoms with Crippen LogP contribution in [0, 0.1) is 20.8 Å². The van der Waals surface area contributed by atoms with Gasteiger partial charge in [-0.3, -0.25) is 4.79 Å². The summed E-state index contributed by atoms with van der Waals surface area (Å²) in [6, 6.07) is 15.3. The lowest BCUT2D eigenvalue weighted by molar-refractivity contribution is -0.123. The van der Waals surface area contributed by atoms with E-state index in [1.807, 2.05) is 0 Å². The summed E-state index contributed by atoms with van der Waals surface area (Å²) in [5.41, 5.74) is 5.79. The number of nitrogens with zero attached hydrogens (tertiary/aromatic N) is 1. The normalized spacial score (nSPS) is 16.4. The molecule has 1 aliphatic carbocycles. The van der Waals surface area contributed by atoms with Crippen LogP contribution in [0.1, 0.15) is 46.7 Å². The highest BCUT2D eigenvalue weighted by Crippen LogP contribution is 2.48. The second kappa shape index (κ2) is 7.24. The molecule has 26 heavy (non-hydrogen) atoms. The van der Waals surface area contributed by atoms with Crippen LogP contribution in [0.15, 0.2) is 42.5 Å². The van der Waals surface area contributed by atoms with E-state index in [2.05, 4.69) is 87.5 Å². The Bertz CT molecular complexity index is 768. The Morgan fingerprint density at radius 2 is 1.58 bits per heavy atom. The van der Waals surface area contributed by atoms with E-state index in [4.69, 9.17) is 0 Å². The lowest BCUT2D eigenvalue weighted by Crippen LogP contribution is -2.40. The molecule has 1 saturated carbocycles. The molecule has 1 atom stereocenters. The highest BCUT2D eigenvalue weighted by Gasteiger charge is 2.51. The first-order valence-electron chi connectivity index (χ1n) is 9.42. The topological polar surface area (TPSA) is 32.3 Å². The van der Waals surface area contributed by atoms with Crippen molar-refractivity contribution < 1.29 is 4.79 Å². The Morgan fingerprint density at radius 1 is 1.00 bits per heavy atom. The van der Waals surface area contributed by atoms with Crippen LogP contribution >= 0.6 is 0 Å². The van der Waals surface area contributed by atoms with Gasteiger partial charge in [0.25, 0.3) is 0 Å². The molecule has 0 aromatic heterocycles. The van der Waals surface area contributed by atoms with Crippen LogP contribution in [-0.4, -0.2) is 31.4 Å². The van der Waals surface area contributed by atoms with Crippen molar-refractivity contribution in [2.24, 2.45) is 0 Å². The van der Waals surface area contributed by atoms with Crippen LogP contribution in [0.5, 0.6) is 0 Å². The number of carbonyl (C=O) groups excluding carboxylic acids is 1. The molecule has 0 aliphatic heterocycles. The van der Waals surface area contributed by atoms with Crippen LogP contribution in [0.2, 0.25) is 0 Å². The average molecular weight is 351 g/mol. The average Bonchev–Trinajstić information content (AvgIpc) is 3.37. The van der Waals surface area contributed by atoms with Gasteiger partial charge in [0.2, 0.25) is 5.91 Å². The maximum absolute atomic E-state index is 13.0. The Labute approximate surface area is 157 Å². The lowest BCUT2D eigenvalue weighted by Gasteiger charge is -2.26. The van der Waals surface area contributed by atoms with E-state index in [9.17, 15) is 4.79 Å². The summed E-state index contributed by atoms with van der Waals surface area (Å²) in [6.07, 6.45) is 1.89. The molecule has 1 aliphatic rings. The molecule has 138 valence electrons. The monoisotopic (exact) mass is 350 g/mol. The van der Waals surface area contributed by atoms with E-state index in [-0.39, 0.29) is 17.4 Å². The van der Waals surface area contributed by atoms with Gasteiger partial charge in [-0.15, -0.1) is 0 Å². The number of hydrogen-bond donors (Lipinski definition) is 1. The number of benzene rings is 2. The number of rotatable bonds is 6. The van der Waals surface area contributed by atoms with Crippen molar-refractivity contribution in [1.82, 2.24) is 10.2 Å². The number of aryl methyl sites for hydroxylation is 3. The zero-order valence-corrected chi connectivity index (χ0v) is 16.6. The number of amides is 1. The molecule has 1 amide bonds. The van der Waals surface area contributed by atoms with E-state index in [0.717, 1.165) is 12.8 Å². The van der Waals surface area contributed by atoms with Gasteiger partial charge in [-0.2, -0.15) is 0 Å². The molecule has 0 heterocycles. The molecule has 2 aromatic rings. The van der Waals surface area contributed by atoms with Gasteiger partial charge < -0.3 is 10.2 Å². The fraction of sp³-hybridized carbons (Fsp3) is 0.435. The molecule has 0 radical (unpaired) electrons. The van der Waals surface area contributed by atoms with E-state index in [1.165, 1.54) is 27.8 Å². The Balaban J connectivity index is 1.73. The number of likely N-dealkylation sites (N-methyl/N-ethyl adjacent to an activating group) is 1. The smallest absolute Gasteiger partial charge is 0.230 e. The number of nitrogens with one attached hydrogen (secondary N) is 1. The molecule has 1 N–H and O–H groups in total. The SMILES string of the molecule is Cc1ccc(C(CNC(=O)C2(c3cc(C)cc(C)c3)CC2)N(C)C)cc1. The summed E-state index contributed by atoms with van der Waals surface area (Å²) < 4.78 is 0. The maximum Gasteiger partial charge on any atom is 0.230 e. The molecule has 0 bridgehead atoms. The molecule has 2 aromatic carbocycles. The summed E-state index contributed by atoms with van der Waals surface area (Å²) in [5, 5.41) is 3.24. The van der Waals surface area contributed by atoms with Crippen molar-refractivity contribution in [3.63, 3.8) is 0 Å². The van der Waals surface area contributed by atoms with Crippen molar-refractivity contribution in [3.05, 3.63) is 70.3 Å². The zero-order valence-electron chi connectivity index (χ0n) is 16.6. The molecule has 1 fully saturated rings. The summed E-state index contributed by atoms with van der Waals surface area (Å²) in [4.78, 5) is 15.2. The summed E-state index contributed by atoms with van der Waals surface area (Å²) in [6.45, 7) is 6.92. The quantitative estimate of drug-likeness (QED) is 0.852. The first-order valence-corrected chi connectivity index (χ1v) is 9.42. The molecule has 0 spiro atoms. The second-order valence-corrected chi connectivity index (χ2v) is 8.06. The van der Waals surface area contributed by atoms with Crippen molar-refractivity contribution in [2.45, 2.75) is 45.1 Å².